The molecule has 1 saturated heterocycles. The number of piperazine rings is 1. The molecule has 3 aromatic rings. The van der Waals surface area contributed by atoms with Crippen molar-refractivity contribution in [3.8, 4) is 0 Å². The Morgan fingerprint density at radius 2 is 1.90 bits per heavy atom. The number of nitrogens with one attached hydrogen (secondary N) is 2. The van der Waals surface area contributed by atoms with Crippen molar-refractivity contribution in [3.05, 3.63) is 41.9 Å². The zero-order chi connectivity index (χ0) is 20.4. The van der Waals surface area contributed by atoms with E-state index in [2.05, 4.69) is 25.8 Å². The van der Waals surface area contributed by atoms with Crippen LogP contribution in [0.25, 0.3) is 10.9 Å². The first-order valence-electron chi connectivity index (χ1n) is 9.63. The number of benzene rings is 1. The van der Waals surface area contributed by atoms with Crippen molar-refractivity contribution < 1.29 is 9.59 Å². The molecule has 4 rings (SSSR count). The molecule has 2 aromatic heterocycles. The van der Waals surface area contributed by atoms with Gasteiger partial charge in [-0.2, -0.15) is 0 Å². The van der Waals surface area contributed by atoms with Crippen molar-refractivity contribution in [1.82, 2.24) is 40.3 Å². The normalized spacial score (nSPS) is 15.5. The lowest BCUT2D eigenvalue weighted by Crippen LogP contribution is -2.53. The number of nitrogens with zero attached hydrogens (tertiary/aromatic N) is 6. The van der Waals surface area contributed by atoms with E-state index in [1.165, 1.54) is 4.68 Å². The van der Waals surface area contributed by atoms with Crippen LogP contribution in [0.5, 0.6) is 0 Å². The zero-order valence-corrected chi connectivity index (χ0v) is 16.5. The minimum absolute atomic E-state index is 0.0772. The Labute approximate surface area is 167 Å². The minimum atomic E-state index is -0.302. The van der Waals surface area contributed by atoms with Crippen LogP contribution in [0.15, 0.2) is 30.5 Å². The Morgan fingerprint density at radius 1 is 1.17 bits per heavy atom. The molecular formula is C19H24N8O2. The Kier molecular flexibility index (Phi) is 5.15. The van der Waals surface area contributed by atoms with Gasteiger partial charge >= 0.3 is 6.03 Å². The van der Waals surface area contributed by atoms with Gasteiger partial charge in [0, 0.05) is 50.3 Å². The van der Waals surface area contributed by atoms with Gasteiger partial charge in [0.25, 0.3) is 0 Å². The molecular weight excluding hydrogens is 372 g/mol. The fourth-order valence-corrected chi connectivity index (χ4v) is 3.66. The lowest BCUT2D eigenvalue weighted by Gasteiger charge is -2.35. The maximum Gasteiger partial charge on any atom is 0.318 e. The lowest BCUT2D eigenvalue weighted by molar-refractivity contribution is -0.131. The summed E-state index contributed by atoms with van der Waals surface area (Å²) in [6, 6.07) is 7.48. The Balaban J connectivity index is 1.30. The molecule has 1 aliphatic rings. The van der Waals surface area contributed by atoms with Crippen molar-refractivity contribution in [2.45, 2.75) is 19.4 Å². The maximum atomic E-state index is 12.7. The Bertz CT molecular complexity index is 1020. The number of tetrazole rings is 1. The molecule has 1 fully saturated rings. The summed E-state index contributed by atoms with van der Waals surface area (Å²) >= 11 is 0. The molecule has 0 unspecified atom stereocenters. The van der Waals surface area contributed by atoms with Crippen molar-refractivity contribution in [3.63, 3.8) is 0 Å². The standard InChI is InChI=1S/C19H24N8O2/c1-13(18-22-23-24-25(18)2)21-19(29)27-9-7-26(8-10-27)17(28)11-14-12-20-16-6-4-3-5-15(14)16/h3-6,12-13,20H,7-11H2,1-2H3,(H,21,29)/t13-/m1/s1. The number of fused-ring (bicyclic) bond motifs is 1. The summed E-state index contributed by atoms with van der Waals surface area (Å²) in [5.74, 6) is 0.666. The number of aromatic nitrogens is 5. The number of carbonyl (C=O) groups is 2. The van der Waals surface area contributed by atoms with Crippen LogP contribution >= 0.6 is 0 Å². The fourth-order valence-electron chi connectivity index (χ4n) is 3.66. The average Bonchev–Trinajstić information content (AvgIpc) is 3.34. The number of aryl methyl sites for hydroxylation is 1. The minimum Gasteiger partial charge on any atom is -0.361 e. The second-order valence-corrected chi connectivity index (χ2v) is 7.24. The highest BCUT2D eigenvalue weighted by Crippen LogP contribution is 2.19. The Morgan fingerprint density at radius 3 is 2.62 bits per heavy atom. The van der Waals surface area contributed by atoms with Crippen LogP contribution in [-0.2, 0) is 18.3 Å². The monoisotopic (exact) mass is 396 g/mol. The largest absolute Gasteiger partial charge is 0.361 e. The van der Waals surface area contributed by atoms with E-state index < -0.39 is 0 Å². The number of hydrogen-bond donors (Lipinski definition) is 2. The summed E-state index contributed by atoms with van der Waals surface area (Å²) in [4.78, 5) is 32.0. The van der Waals surface area contributed by atoms with Gasteiger partial charge < -0.3 is 20.1 Å². The highest BCUT2D eigenvalue weighted by molar-refractivity contribution is 5.89. The van der Waals surface area contributed by atoms with Gasteiger partial charge in [-0.25, -0.2) is 9.48 Å². The quantitative estimate of drug-likeness (QED) is 0.679. The molecule has 2 N–H and O–H groups in total. The van der Waals surface area contributed by atoms with Crippen LogP contribution < -0.4 is 5.32 Å². The van der Waals surface area contributed by atoms with Gasteiger partial charge in [0.2, 0.25) is 5.91 Å². The second-order valence-electron chi connectivity index (χ2n) is 7.24. The van der Waals surface area contributed by atoms with Crippen LogP contribution in [0.1, 0.15) is 24.4 Å². The molecule has 10 nitrogen and oxygen atoms in total. The predicted octanol–water partition coefficient (Wildman–Crippen LogP) is 0.849. The third-order valence-electron chi connectivity index (χ3n) is 5.32. The predicted molar refractivity (Wildman–Crippen MR) is 106 cm³/mol. The van der Waals surface area contributed by atoms with Gasteiger partial charge in [-0.15, -0.1) is 5.10 Å². The summed E-state index contributed by atoms with van der Waals surface area (Å²) in [6.45, 7) is 3.87. The van der Waals surface area contributed by atoms with E-state index in [9.17, 15) is 9.59 Å². The zero-order valence-electron chi connectivity index (χ0n) is 16.5. The molecule has 3 heterocycles. The first kappa shape index (κ1) is 18.9. The van der Waals surface area contributed by atoms with Crippen molar-refractivity contribution in [2.24, 2.45) is 7.05 Å². The molecule has 0 saturated carbocycles. The molecule has 3 amide bonds. The van der Waals surface area contributed by atoms with E-state index in [0.717, 1.165) is 16.5 Å². The van der Waals surface area contributed by atoms with Gasteiger partial charge in [0.1, 0.15) is 0 Å². The van der Waals surface area contributed by atoms with Gasteiger partial charge in [0.05, 0.1) is 12.5 Å². The third-order valence-corrected chi connectivity index (χ3v) is 5.32. The molecule has 0 aliphatic carbocycles. The number of para-hydroxylation sites is 1. The summed E-state index contributed by atoms with van der Waals surface area (Å²) in [6.07, 6.45) is 2.25. The maximum absolute atomic E-state index is 12.7. The smallest absolute Gasteiger partial charge is 0.318 e. The van der Waals surface area contributed by atoms with Gasteiger partial charge in [0.15, 0.2) is 5.82 Å². The number of urea groups is 1. The SMILES string of the molecule is C[C@@H](NC(=O)N1CCN(C(=O)Cc2c[nH]c3ccccc23)CC1)c1nnnn1C. The summed E-state index contributed by atoms with van der Waals surface area (Å²) < 4.78 is 1.53. The number of aromatic amines is 1. The summed E-state index contributed by atoms with van der Waals surface area (Å²) in [7, 11) is 1.73. The molecule has 29 heavy (non-hydrogen) atoms. The molecule has 1 aliphatic heterocycles. The molecule has 152 valence electrons. The van der Waals surface area contributed by atoms with Crippen molar-refractivity contribution >= 4 is 22.8 Å². The third kappa shape index (κ3) is 3.91. The number of rotatable bonds is 4. The van der Waals surface area contributed by atoms with E-state index in [-0.39, 0.29) is 18.0 Å². The second kappa shape index (κ2) is 7.90. The number of hydrogen-bond acceptors (Lipinski definition) is 5. The van der Waals surface area contributed by atoms with E-state index in [1.54, 1.807) is 11.9 Å². The number of H-pyrrole nitrogens is 1. The van der Waals surface area contributed by atoms with E-state index in [1.807, 2.05) is 42.3 Å². The first-order valence-corrected chi connectivity index (χ1v) is 9.63. The molecule has 0 radical (unpaired) electrons. The van der Waals surface area contributed by atoms with Crippen LogP contribution in [-0.4, -0.2) is 73.1 Å². The van der Waals surface area contributed by atoms with Crippen LogP contribution in [0.3, 0.4) is 0 Å². The summed E-state index contributed by atoms with van der Waals surface area (Å²) in [5.41, 5.74) is 2.03. The topological polar surface area (TPSA) is 112 Å². The highest BCUT2D eigenvalue weighted by Gasteiger charge is 2.26. The molecule has 0 spiro atoms. The van der Waals surface area contributed by atoms with E-state index in [0.29, 0.717) is 38.4 Å². The summed E-state index contributed by atoms with van der Waals surface area (Å²) in [5, 5.41) is 15.3. The van der Waals surface area contributed by atoms with Crippen LogP contribution in [0, 0.1) is 0 Å². The van der Waals surface area contributed by atoms with Gasteiger partial charge in [-0.05, 0) is 29.0 Å². The van der Waals surface area contributed by atoms with Crippen molar-refractivity contribution in [1.29, 1.82) is 0 Å². The molecule has 1 aromatic carbocycles. The fraction of sp³-hybridized carbons (Fsp3) is 0.421. The molecule has 10 heteroatoms. The lowest BCUT2D eigenvalue weighted by atomic mass is 10.1. The van der Waals surface area contributed by atoms with Gasteiger partial charge in [-0.1, -0.05) is 18.2 Å². The first-order chi connectivity index (χ1) is 14.0. The van der Waals surface area contributed by atoms with Crippen LogP contribution in [0.2, 0.25) is 0 Å². The highest BCUT2D eigenvalue weighted by atomic mass is 16.2. The number of carbonyl (C=O) groups excluding carboxylic acids is 2. The van der Waals surface area contributed by atoms with Crippen LogP contribution in [0.4, 0.5) is 4.79 Å². The molecule has 1 atom stereocenters. The number of amides is 3. The van der Waals surface area contributed by atoms with E-state index >= 15 is 0 Å². The average molecular weight is 396 g/mol. The van der Waals surface area contributed by atoms with Gasteiger partial charge in [-0.3, -0.25) is 4.79 Å². The van der Waals surface area contributed by atoms with Crippen molar-refractivity contribution in [2.75, 3.05) is 26.2 Å². The Hall–Kier alpha value is -3.43. The van der Waals surface area contributed by atoms with E-state index in [4.69, 9.17) is 0 Å². The molecule has 0 bridgehead atoms.